The number of nitrogens with zero attached hydrogens (tertiary/aromatic N) is 1. The Morgan fingerprint density at radius 2 is 2.00 bits per heavy atom. The molecule has 0 aromatic rings. The van der Waals surface area contributed by atoms with Gasteiger partial charge >= 0.3 is 0 Å². The summed E-state index contributed by atoms with van der Waals surface area (Å²) in [6.07, 6.45) is 6.82. The molecule has 0 aliphatic heterocycles. The van der Waals surface area contributed by atoms with Gasteiger partial charge in [0.2, 0.25) is 0 Å². The maximum Gasteiger partial charge on any atom is 0.0661 e. The summed E-state index contributed by atoms with van der Waals surface area (Å²) in [7, 11) is 0. The van der Waals surface area contributed by atoms with Crippen LogP contribution in [0.4, 0.5) is 0 Å². The van der Waals surface area contributed by atoms with E-state index in [0.717, 1.165) is 11.8 Å². The van der Waals surface area contributed by atoms with Gasteiger partial charge in [0, 0.05) is 0 Å². The van der Waals surface area contributed by atoms with Gasteiger partial charge in [0.1, 0.15) is 0 Å². The molecule has 0 bridgehead atoms. The van der Waals surface area contributed by atoms with Gasteiger partial charge in [-0.1, -0.05) is 26.2 Å². The van der Waals surface area contributed by atoms with Crippen molar-refractivity contribution in [2.24, 2.45) is 23.7 Å². The fourth-order valence-electron chi connectivity index (χ4n) is 3.27. The van der Waals surface area contributed by atoms with Gasteiger partial charge in [-0.25, -0.2) is 0 Å². The fraction of sp³-hybridized carbons (Fsp3) is 0.909. The molecule has 0 saturated heterocycles. The third-order valence-electron chi connectivity index (χ3n) is 3.87. The van der Waals surface area contributed by atoms with Crippen LogP contribution >= 0.6 is 0 Å². The first-order valence-corrected chi connectivity index (χ1v) is 5.22. The van der Waals surface area contributed by atoms with Crippen LogP contribution in [0.15, 0.2) is 0 Å². The maximum atomic E-state index is 9.03. The van der Waals surface area contributed by atoms with Crippen LogP contribution in [0.3, 0.4) is 0 Å². The summed E-state index contributed by atoms with van der Waals surface area (Å²) >= 11 is 0. The molecule has 2 aliphatic carbocycles. The van der Waals surface area contributed by atoms with Crippen LogP contribution in [0.1, 0.15) is 39.0 Å². The molecule has 2 fully saturated rings. The van der Waals surface area contributed by atoms with Crippen molar-refractivity contribution in [2.75, 3.05) is 0 Å². The van der Waals surface area contributed by atoms with Crippen molar-refractivity contribution in [1.82, 2.24) is 0 Å². The van der Waals surface area contributed by atoms with Crippen LogP contribution in [0.5, 0.6) is 0 Å². The molecule has 0 N–H and O–H groups in total. The van der Waals surface area contributed by atoms with Crippen LogP contribution in [-0.4, -0.2) is 0 Å². The van der Waals surface area contributed by atoms with E-state index in [-0.39, 0.29) is 0 Å². The van der Waals surface area contributed by atoms with E-state index in [1.807, 2.05) is 0 Å². The van der Waals surface area contributed by atoms with E-state index in [1.54, 1.807) is 0 Å². The van der Waals surface area contributed by atoms with E-state index in [0.29, 0.717) is 11.8 Å². The van der Waals surface area contributed by atoms with Crippen molar-refractivity contribution in [3.05, 3.63) is 0 Å². The Bertz CT molecular complexity index is 204. The molecule has 12 heavy (non-hydrogen) atoms. The molecule has 4 atom stereocenters. The van der Waals surface area contributed by atoms with Gasteiger partial charge in [-0.05, 0) is 30.6 Å². The van der Waals surface area contributed by atoms with Crippen molar-refractivity contribution in [3.63, 3.8) is 0 Å². The van der Waals surface area contributed by atoms with E-state index in [9.17, 15) is 0 Å². The van der Waals surface area contributed by atoms with E-state index < -0.39 is 0 Å². The first kappa shape index (κ1) is 8.10. The summed E-state index contributed by atoms with van der Waals surface area (Å²) in [5.74, 6) is 2.72. The molecule has 2 rings (SSSR count). The zero-order valence-corrected chi connectivity index (χ0v) is 7.79. The lowest BCUT2D eigenvalue weighted by atomic mass is 9.78. The summed E-state index contributed by atoms with van der Waals surface area (Å²) in [5.41, 5.74) is 0. The molecule has 0 aromatic carbocycles. The summed E-state index contributed by atoms with van der Waals surface area (Å²) in [6.45, 7) is 2.26. The smallest absolute Gasteiger partial charge is 0.0661 e. The average molecular weight is 163 g/mol. The highest BCUT2D eigenvalue weighted by atomic mass is 14.5. The number of hydrogen-bond donors (Lipinski definition) is 0. The van der Waals surface area contributed by atoms with Crippen LogP contribution in [0.25, 0.3) is 0 Å². The molecule has 0 radical (unpaired) electrons. The Hall–Kier alpha value is -0.510. The van der Waals surface area contributed by atoms with Gasteiger partial charge < -0.3 is 0 Å². The van der Waals surface area contributed by atoms with Gasteiger partial charge in [-0.3, -0.25) is 0 Å². The Kier molecular flexibility index (Phi) is 2.09. The molecule has 1 nitrogen and oxygen atoms in total. The number of rotatable bonds is 0. The van der Waals surface area contributed by atoms with E-state index in [4.69, 9.17) is 5.26 Å². The average Bonchev–Trinajstić information content (AvgIpc) is 2.40. The topological polar surface area (TPSA) is 23.8 Å². The molecule has 0 aromatic heterocycles. The quantitative estimate of drug-likeness (QED) is 0.538. The SMILES string of the molecule is CC1CC2CCCCC2C1C#N. The van der Waals surface area contributed by atoms with Gasteiger partial charge in [0.25, 0.3) is 0 Å². The van der Waals surface area contributed by atoms with Crippen molar-refractivity contribution in [1.29, 1.82) is 5.26 Å². The molecular formula is C11H17N. The summed E-state index contributed by atoms with van der Waals surface area (Å²) in [4.78, 5) is 0. The molecule has 2 aliphatic rings. The van der Waals surface area contributed by atoms with Gasteiger partial charge in [-0.15, -0.1) is 0 Å². The van der Waals surface area contributed by atoms with E-state index >= 15 is 0 Å². The highest BCUT2D eigenvalue weighted by Gasteiger charge is 2.41. The predicted octanol–water partition coefficient (Wildman–Crippen LogP) is 2.97. The second kappa shape index (κ2) is 3.09. The Morgan fingerprint density at radius 1 is 1.25 bits per heavy atom. The molecule has 0 heterocycles. The highest BCUT2D eigenvalue weighted by molar-refractivity contribution is 5.00. The second-order valence-corrected chi connectivity index (χ2v) is 4.58. The number of fused-ring (bicyclic) bond motifs is 1. The standard InChI is InChI=1S/C11H17N/c1-8-6-9-4-2-3-5-10(9)11(8)7-12/h8-11H,2-6H2,1H3. The Balaban J connectivity index is 2.11. The first-order valence-electron chi connectivity index (χ1n) is 5.22. The lowest BCUT2D eigenvalue weighted by molar-refractivity contribution is 0.250. The molecule has 0 amide bonds. The zero-order valence-electron chi connectivity index (χ0n) is 7.79. The summed E-state index contributed by atoms with van der Waals surface area (Å²) < 4.78 is 0. The van der Waals surface area contributed by atoms with E-state index in [2.05, 4.69) is 13.0 Å². The monoisotopic (exact) mass is 163 g/mol. The van der Waals surface area contributed by atoms with Crippen molar-refractivity contribution >= 4 is 0 Å². The van der Waals surface area contributed by atoms with Crippen LogP contribution < -0.4 is 0 Å². The van der Waals surface area contributed by atoms with Gasteiger partial charge in [-0.2, -0.15) is 5.26 Å². The normalized spacial score (nSPS) is 46.7. The Labute approximate surface area is 74.8 Å². The molecule has 4 unspecified atom stereocenters. The minimum Gasteiger partial charge on any atom is -0.198 e. The zero-order chi connectivity index (χ0) is 8.55. The van der Waals surface area contributed by atoms with Crippen LogP contribution in [0.2, 0.25) is 0 Å². The predicted molar refractivity (Wildman–Crippen MR) is 48.3 cm³/mol. The molecular weight excluding hydrogens is 146 g/mol. The highest BCUT2D eigenvalue weighted by Crippen LogP contribution is 2.48. The van der Waals surface area contributed by atoms with Gasteiger partial charge in [0.15, 0.2) is 0 Å². The van der Waals surface area contributed by atoms with Crippen molar-refractivity contribution in [2.45, 2.75) is 39.0 Å². The van der Waals surface area contributed by atoms with Crippen LogP contribution in [0, 0.1) is 35.0 Å². The minimum atomic E-state index is 0.385. The maximum absolute atomic E-state index is 9.03. The lowest BCUT2D eigenvalue weighted by Crippen LogP contribution is -2.18. The largest absolute Gasteiger partial charge is 0.198 e. The second-order valence-electron chi connectivity index (χ2n) is 4.58. The lowest BCUT2D eigenvalue weighted by Gasteiger charge is -2.26. The molecule has 0 spiro atoms. The number of nitriles is 1. The van der Waals surface area contributed by atoms with Crippen molar-refractivity contribution < 1.29 is 0 Å². The summed E-state index contributed by atoms with van der Waals surface area (Å²) in [5, 5.41) is 9.03. The minimum absolute atomic E-state index is 0.385. The van der Waals surface area contributed by atoms with Crippen LogP contribution in [-0.2, 0) is 0 Å². The molecule has 2 saturated carbocycles. The van der Waals surface area contributed by atoms with E-state index in [1.165, 1.54) is 32.1 Å². The third-order valence-corrected chi connectivity index (χ3v) is 3.87. The van der Waals surface area contributed by atoms with Crippen molar-refractivity contribution in [3.8, 4) is 6.07 Å². The molecule has 1 heteroatoms. The third kappa shape index (κ3) is 1.14. The first-order chi connectivity index (χ1) is 5.83. The summed E-state index contributed by atoms with van der Waals surface area (Å²) in [6, 6.07) is 2.51. The Morgan fingerprint density at radius 3 is 2.75 bits per heavy atom. The molecule has 66 valence electrons. The number of hydrogen-bond acceptors (Lipinski definition) is 1. The van der Waals surface area contributed by atoms with Gasteiger partial charge in [0.05, 0.1) is 12.0 Å². The fourth-order valence-corrected chi connectivity index (χ4v) is 3.27.